The molecule has 3 aromatic rings. The summed E-state index contributed by atoms with van der Waals surface area (Å²) in [5.41, 5.74) is 2.90. The molecule has 4 rings (SSSR count). The molecule has 0 spiro atoms. The van der Waals surface area contributed by atoms with Crippen molar-refractivity contribution in [2.24, 2.45) is 5.16 Å². The molecule has 0 fully saturated rings. The molecule has 136 valence electrons. The molecular weight excluding hydrogens is 354 g/mol. The second-order valence-electron chi connectivity index (χ2n) is 6.07. The molecule has 28 heavy (non-hydrogen) atoms. The molecule has 3 aromatic carbocycles. The maximum Gasteiger partial charge on any atom is 0.368 e. The van der Waals surface area contributed by atoms with Gasteiger partial charge in [0.25, 0.3) is 0 Å². The van der Waals surface area contributed by atoms with Gasteiger partial charge in [-0.15, -0.1) is 0 Å². The Morgan fingerprint density at radius 3 is 2.18 bits per heavy atom. The molecule has 0 N–H and O–H groups in total. The van der Waals surface area contributed by atoms with Crippen LogP contribution in [0.1, 0.15) is 21.5 Å². The lowest BCUT2D eigenvalue weighted by Crippen LogP contribution is -2.08. The first-order valence-electron chi connectivity index (χ1n) is 8.65. The lowest BCUT2D eigenvalue weighted by Gasteiger charge is -2.05. The average molecular weight is 369 g/mol. The second kappa shape index (κ2) is 7.72. The summed E-state index contributed by atoms with van der Waals surface area (Å²) in [6.45, 7) is 0. The van der Waals surface area contributed by atoms with Crippen LogP contribution in [-0.4, -0.2) is 17.7 Å². The number of carbonyl (C=O) groups excluding carboxylic acids is 2. The van der Waals surface area contributed by atoms with Crippen LogP contribution in [0.5, 0.6) is 5.75 Å². The number of rotatable bonds is 4. The number of hydrogen-bond donors (Lipinski definition) is 0. The fourth-order valence-electron chi connectivity index (χ4n) is 2.75. The van der Waals surface area contributed by atoms with Gasteiger partial charge in [0.05, 0.1) is 11.1 Å². The van der Waals surface area contributed by atoms with Gasteiger partial charge in [0.15, 0.2) is 0 Å². The van der Waals surface area contributed by atoms with Crippen molar-refractivity contribution in [1.29, 1.82) is 0 Å². The Hall–Kier alpha value is -3.99. The molecule has 0 atom stereocenters. The standard InChI is InChI=1S/C23H15NO4/c25-22(18-9-5-2-6-10-18)27-19-13-11-16(12-14-19)15-20-21(24-28-23(20)26)17-7-3-1-4-8-17/h1-15H/b20-15-. The van der Waals surface area contributed by atoms with Gasteiger partial charge >= 0.3 is 11.9 Å². The van der Waals surface area contributed by atoms with Crippen LogP contribution in [0.25, 0.3) is 6.08 Å². The van der Waals surface area contributed by atoms with Crippen LogP contribution in [0, 0.1) is 0 Å². The topological polar surface area (TPSA) is 65.0 Å². The number of carbonyl (C=O) groups is 2. The maximum absolute atomic E-state index is 12.1. The zero-order valence-electron chi connectivity index (χ0n) is 14.7. The number of hydrogen-bond acceptors (Lipinski definition) is 5. The van der Waals surface area contributed by atoms with Crippen LogP contribution >= 0.6 is 0 Å². The van der Waals surface area contributed by atoms with Gasteiger partial charge in [-0.25, -0.2) is 9.59 Å². The molecule has 0 saturated heterocycles. The highest BCUT2D eigenvalue weighted by molar-refractivity contribution is 6.31. The zero-order valence-corrected chi connectivity index (χ0v) is 14.7. The number of nitrogens with zero attached hydrogens (tertiary/aromatic N) is 1. The molecule has 0 radical (unpaired) electrons. The van der Waals surface area contributed by atoms with Crippen molar-refractivity contribution < 1.29 is 19.2 Å². The molecule has 0 bridgehead atoms. The third-order valence-corrected chi connectivity index (χ3v) is 4.15. The molecule has 0 aromatic heterocycles. The van der Waals surface area contributed by atoms with Crippen molar-refractivity contribution in [3.8, 4) is 5.75 Å². The molecule has 1 aliphatic rings. The summed E-state index contributed by atoms with van der Waals surface area (Å²) in [7, 11) is 0. The Kier molecular flexibility index (Phi) is 4.80. The van der Waals surface area contributed by atoms with E-state index >= 15 is 0 Å². The SMILES string of the molecule is O=C1ON=C(c2ccccc2)/C1=C/c1ccc(OC(=O)c2ccccc2)cc1. The van der Waals surface area contributed by atoms with Crippen LogP contribution < -0.4 is 4.74 Å². The van der Waals surface area contributed by atoms with Crippen LogP contribution in [0.3, 0.4) is 0 Å². The average Bonchev–Trinajstić information content (AvgIpc) is 3.11. The Morgan fingerprint density at radius 1 is 0.857 bits per heavy atom. The van der Waals surface area contributed by atoms with Gasteiger partial charge in [0.2, 0.25) is 0 Å². The number of ether oxygens (including phenoxy) is 1. The van der Waals surface area contributed by atoms with E-state index < -0.39 is 11.9 Å². The largest absolute Gasteiger partial charge is 0.423 e. The van der Waals surface area contributed by atoms with E-state index in [0.717, 1.165) is 11.1 Å². The summed E-state index contributed by atoms with van der Waals surface area (Å²) in [4.78, 5) is 29.0. The zero-order chi connectivity index (χ0) is 19.3. The van der Waals surface area contributed by atoms with Crippen LogP contribution in [0.15, 0.2) is 95.7 Å². The number of esters is 1. The third kappa shape index (κ3) is 3.73. The maximum atomic E-state index is 12.1. The van der Waals surface area contributed by atoms with Crippen molar-refractivity contribution >= 4 is 23.7 Å². The first-order valence-corrected chi connectivity index (χ1v) is 8.65. The molecule has 0 amide bonds. The molecule has 0 unspecified atom stereocenters. The fourth-order valence-corrected chi connectivity index (χ4v) is 2.75. The summed E-state index contributed by atoms with van der Waals surface area (Å²) in [6.07, 6.45) is 1.70. The minimum absolute atomic E-state index is 0.375. The predicted molar refractivity (Wildman–Crippen MR) is 105 cm³/mol. The molecule has 0 saturated carbocycles. The summed E-state index contributed by atoms with van der Waals surface area (Å²) in [5.74, 6) is -0.509. The number of benzene rings is 3. The van der Waals surface area contributed by atoms with Gasteiger partial charge in [0.1, 0.15) is 11.5 Å². The first kappa shape index (κ1) is 17.4. The molecule has 5 heteroatoms. The Morgan fingerprint density at radius 2 is 1.50 bits per heavy atom. The summed E-state index contributed by atoms with van der Waals surface area (Å²) >= 11 is 0. The normalized spacial score (nSPS) is 14.5. The smallest absolute Gasteiger partial charge is 0.368 e. The number of oxime groups is 1. The summed E-state index contributed by atoms with van der Waals surface area (Å²) < 4.78 is 5.36. The Bertz CT molecular complexity index is 1070. The monoisotopic (exact) mass is 369 g/mol. The quantitative estimate of drug-likeness (QED) is 0.298. The minimum Gasteiger partial charge on any atom is -0.423 e. The van der Waals surface area contributed by atoms with Gasteiger partial charge in [-0.05, 0) is 35.9 Å². The van der Waals surface area contributed by atoms with Gasteiger partial charge in [0, 0.05) is 5.56 Å². The van der Waals surface area contributed by atoms with Crippen molar-refractivity contribution in [2.45, 2.75) is 0 Å². The molecular formula is C23H15NO4. The molecule has 1 heterocycles. The van der Waals surface area contributed by atoms with Crippen LogP contribution in [0.4, 0.5) is 0 Å². The van der Waals surface area contributed by atoms with Crippen molar-refractivity contribution in [3.63, 3.8) is 0 Å². The van der Waals surface area contributed by atoms with E-state index in [1.807, 2.05) is 36.4 Å². The summed E-state index contributed by atoms with van der Waals surface area (Å²) in [5, 5.41) is 3.88. The molecule has 5 nitrogen and oxygen atoms in total. The third-order valence-electron chi connectivity index (χ3n) is 4.15. The Labute approximate surface area is 161 Å². The van der Waals surface area contributed by atoms with Crippen LogP contribution in [-0.2, 0) is 9.63 Å². The minimum atomic E-state index is -0.501. The van der Waals surface area contributed by atoms with Gasteiger partial charge in [-0.3, -0.25) is 0 Å². The van der Waals surface area contributed by atoms with E-state index in [4.69, 9.17) is 9.57 Å². The highest BCUT2D eigenvalue weighted by atomic mass is 16.7. The Balaban J connectivity index is 1.53. The van der Waals surface area contributed by atoms with E-state index in [2.05, 4.69) is 5.16 Å². The van der Waals surface area contributed by atoms with E-state index in [0.29, 0.717) is 22.6 Å². The van der Waals surface area contributed by atoms with Gasteiger partial charge in [-0.1, -0.05) is 65.8 Å². The van der Waals surface area contributed by atoms with Crippen LogP contribution in [0.2, 0.25) is 0 Å². The van der Waals surface area contributed by atoms with E-state index in [1.54, 1.807) is 54.6 Å². The second-order valence-corrected chi connectivity index (χ2v) is 6.07. The van der Waals surface area contributed by atoms with E-state index in [9.17, 15) is 9.59 Å². The lowest BCUT2D eigenvalue weighted by atomic mass is 10.0. The summed E-state index contributed by atoms with van der Waals surface area (Å²) in [6, 6.07) is 25.0. The predicted octanol–water partition coefficient (Wildman–Crippen LogP) is 4.25. The van der Waals surface area contributed by atoms with Crippen molar-refractivity contribution in [3.05, 3.63) is 107 Å². The van der Waals surface area contributed by atoms with E-state index in [-0.39, 0.29) is 0 Å². The van der Waals surface area contributed by atoms with Gasteiger partial charge in [-0.2, -0.15) is 0 Å². The first-order chi connectivity index (χ1) is 13.7. The lowest BCUT2D eigenvalue weighted by molar-refractivity contribution is -0.136. The highest BCUT2D eigenvalue weighted by Gasteiger charge is 2.26. The fraction of sp³-hybridized carbons (Fsp3) is 0. The van der Waals surface area contributed by atoms with Crippen molar-refractivity contribution in [2.75, 3.05) is 0 Å². The van der Waals surface area contributed by atoms with Crippen molar-refractivity contribution in [1.82, 2.24) is 0 Å². The highest BCUT2D eigenvalue weighted by Crippen LogP contribution is 2.22. The molecule has 0 aliphatic carbocycles. The van der Waals surface area contributed by atoms with E-state index in [1.165, 1.54) is 0 Å². The molecule has 1 aliphatic heterocycles. The van der Waals surface area contributed by atoms with Gasteiger partial charge < -0.3 is 9.57 Å².